The SMILES string of the molecule is COc1ccc(S(=O)(=O)Nc2ccc(Cl)cc2C(F)(F)F)cc1NC(C)=O. The molecule has 0 aliphatic carbocycles. The van der Waals surface area contributed by atoms with Gasteiger partial charge in [-0.05, 0) is 36.4 Å². The fraction of sp³-hybridized carbons (Fsp3) is 0.188. The zero-order valence-corrected chi connectivity index (χ0v) is 15.6. The fourth-order valence-electron chi connectivity index (χ4n) is 2.19. The van der Waals surface area contributed by atoms with Crippen molar-refractivity contribution in [3.8, 4) is 5.75 Å². The number of sulfonamides is 1. The average molecular weight is 423 g/mol. The Balaban J connectivity index is 2.48. The average Bonchev–Trinajstić information content (AvgIpc) is 2.54. The van der Waals surface area contributed by atoms with Crippen LogP contribution in [0.4, 0.5) is 24.5 Å². The number of alkyl halides is 3. The summed E-state index contributed by atoms with van der Waals surface area (Å²) in [7, 11) is -3.08. The predicted molar refractivity (Wildman–Crippen MR) is 94.6 cm³/mol. The molecule has 2 aromatic carbocycles. The normalized spacial score (nSPS) is 11.8. The molecule has 0 spiro atoms. The number of anilines is 2. The van der Waals surface area contributed by atoms with Gasteiger partial charge in [0.25, 0.3) is 10.0 Å². The number of hydrogen-bond donors (Lipinski definition) is 2. The van der Waals surface area contributed by atoms with Crippen LogP contribution in [-0.4, -0.2) is 21.4 Å². The molecule has 11 heteroatoms. The van der Waals surface area contributed by atoms with Gasteiger partial charge in [-0.3, -0.25) is 9.52 Å². The summed E-state index contributed by atoms with van der Waals surface area (Å²) >= 11 is 5.58. The zero-order chi connectivity index (χ0) is 20.4. The third-order valence-corrected chi connectivity index (χ3v) is 4.92. The third-order valence-electron chi connectivity index (χ3n) is 3.32. The molecule has 6 nitrogen and oxygen atoms in total. The fourth-order valence-corrected chi connectivity index (χ4v) is 3.46. The first-order valence-electron chi connectivity index (χ1n) is 7.29. The van der Waals surface area contributed by atoms with Crippen LogP contribution < -0.4 is 14.8 Å². The summed E-state index contributed by atoms with van der Waals surface area (Å²) in [5.41, 5.74) is -1.85. The number of halogens is 4. The number of rotatable bonds is 5. The van der Waals surface area contributed by atoms with Gasteiger partial charge in [0.2, 0.25) is 5.91 Å². The molecule has 0 aliphatic heterocycles. The van der Waals surface area contributed by atoms with Gasteiger partial charge in [-0.25, -0.2) is 8.42 Å². The maximum absolute atomic E-state index is 13.2. The molecule has 0 aromatic heterocycles. The molecule has 0 fully saturated rings. The van der Waals surface area contributed by atoms with Crippen LogP contribution in [0.25, 0.3) is 0 Å². The van der Waals surface area contributed by atoms with Crippen molar-refractivity contribution in [2.45, 2.75) is 18.0 Å². The van der Waals surface area contributed by atoms with E-state index in [0.29, 0.717) is 6.07 Å². The van der Waals surface area contributed by atoms with Gasteiger partial charge in [0.05, 0.1) is 28.9 Å². The number of hydrogen-bond acceptors (Lipinski definition) is 4. The van der Waals surface area contributed by atoms with Gasteiger partial charge in [-0.15, -0.1) is 0 Å². The molecule has 0 bridgehead atoms. The lowest BCUT2D eigenvalue weighted by atomic mass is 10.2. The molecule has 0 saturated heterocycles. The lowest BCUT2D eigenvalue weighted by Crippen LogP contribution is -2.18. The Kier molecular flexibility index (Phi) is 5.91. The van der Waals surface area contributed by atoms with Crippen LogP contribution in [0.2, 0.25) is 5.02 Å². The Labute approximate surface area is 158 Å². The van der Waals surface area contributed by atoms with Gasteiger partial charge in [0.15, 0.2) is 0 Å². The van der Waals surface area contributed by atoms with Crippen molar-refractivity contribution in [2.75, 3.05) is 17.1 Å². The highest BCUT2D eigenvalue weighted by atomic mass is 35.5. The summed E-state index contributed by atoms with van der Waals surface area (Å²) in [6.07, 6.45) is -4.82. The molecule has 146 valence electrons. The number of nitrogens with one attached hydrogen (secondary N) is 2. The van der Waals surface area contributed by atoms with E-state index in [1.807, 2.05) is 4.72 Å². The highest BCUT2D eigenvalue weighted by Gasteiger charge is 2.35. The first-order valence-corrected chi connectivity index (χ1v) is 9.15. The van der Waals surface area contributed by atoms with Crippen LogP contribution in [0.5, 0.6) is 5.75 Å². The van der Waals surface area contributed by atoms with E-state index in [-0.39, 0.29) is 21.4 Å². The monoisotopic (exact) mass is 422 g/mol. The van der Waals surface area contributed by atoms with Gasteiger partial charge in [0.1, 0.15) is 5.75 Å². The second-order valence-electron chi connectivity index (χ2n) is 5.34. The summed E-state index contributed by atoms with van der Waals surface area (Å²) in [5, 5.41) is 2.20. The number of ether oxygens (including phenoxy) is 1. The van der Waals surface area contributed by atoms with Crippen LogP contribution in [0.15, 0.2) is 41.3 Å². The van der Waals surface area contributed by atoms with Crippen LogP contribution in [0.3, 0.4) is 0 Å². The minimum absolute atomic E-state index is 0.0556. The Morgan fingerprint density at radius 1 is 1.11 bits per heavy atom. The quantitative estimate of drug-likeness (QED) is 0.758. The number of benzene rings is 2. The van der Waals surface area contributed by atoms with E-state index >= 15 is 0 Å². The van der Waals surface area contributed by atoms with E-state index in [9.17, 15) is 26.4 Å². The summed E-state index contributed by atoms with van der Waals surface area (Å²) < 4.78 is 71.5. The molecule has 27 heavy (non-hydrogen) atoms. The summed E-state index contributed by atoms with van der Waals surface area (Å²) in [6.45, 7) is 1.21. The van der Waals surface area contributed by atoms with Crippen LogP contribution in [-0.2, 0) is 21.0 Å². The Bertz CT molecular complexity index is 978. The highest BCUT2D eigenvalue weighted by molar-refractivity contribution is 7.92. The topological polar surface area (TPSA) is 84.5 Å². The van der Waals surface area contributed by atoms with E-state index in [0.717, 1.165) is 24.3 Å². The lowest BCUT2D eigenvalue weighted by molar-refractivity contribution is -0.136. The predicted octanol–water partition coefficient (Wildman–Crippen LogP) is 4.13. The Hall–Kier alpha value is -2.46. The van der Waals surface area contributed by atoms with E-state index in [1.54, 1.807) is 0 Å². The molecule has 1 amide bonds. The van der Waals surface area contributed by atoms with Gasteiger partial charge in [-0.1, -0.05) is 11.6 Å². The van der Waals surface area contributed by atoms with Gasteiger partial charge < -0.3 is 10.1 Å². The van der Waals surface area contributed by atoms with Crippen molar-refractivity contribution in [1.29, 1.82) is 0 Å². The molecule has 0 heterocycles. The first kappa shape index (κ1) is 20.8. The van der Waals surface area contributed by atoms with Crippen molar-refractivity contribution in [3.63, 3.8) is 0 Å². The van der Waals surface area contributed by atoms with Crippen LogP contribution in [0.1, 0.15) is 12.5 Å². The van der Waals surface area contributed by atoms with Crippen molar-refractivity contribution in [2.24, 2.45) is 0 Å². The van der Waals surface area contributed by atoms with E-state index < -0.39 is 33.4 Å². The smallest absolute Gasteiger partial charge is 0.418 e. The molecule has 2 rings (SSSR count). The first-order chi connectivity index (χ1) is 12.4. The van der Waals surface area contributed by atoms with E-state index in [4.69, 9.17) is 16.3 Å². The van der Waals surface area contributed by atoms with Crippen molar-refractivity contribution in [1.82, 2.24) is 0 Å². The zero-order valence-electron chi connectivity index (χ0n) is 14.0. The molecule has 0 saturated carbocycles. The van der Waals surface area contributed by atoms with Crippen molar-refractivity contribution >= 4 is 38.9 Å². The third kappa shape index (κ3) is 5.04. The van der Waals surface area contributed by atoms with Crippen LogP contribution >= 0.6 is 11.6 Å². The van der Waals surface area contributed by atoms with Crippen molar-refractivity contribution in [3.05, 3.63) is 47.0 Å². The van der Waals surface area contributed by atoms with E-state index in [2.05, 4.69) is 5.32 Å². The minimum atomic E-state index is -4.82. The molecule has 2 aromatic rings. The molecule has 0 atom stereocenters. The molecule has 0 radical (unpaired) electrons. The number of methoxy groups -OCH3 is 1. The maximum Gasteiger partial charge on any atom is 0.418 e. The number of carbonyl (C=O) groups is 1. The van der Waals surface area contributed by atoms with Crippen molar-refractivity contribution < 1.29 is 31.1 Å². The second kappa shape index (κ2) is 7.65. The molecular formula is C16H14ClF3N2O4S. The highest BCUT2D eigenvalue weighted by Crippen LogP contribution is 2.37. The Morgan fingerprint density at radius 3 is 2.33 bits per heavy atom. The number of carbonyl (C=O) groups excluding carboxylic acids is 1. The summed E-state index contributed by atoms with van der Waals surface area (Å²) in [6, 6.07) is 6.15. The van der Waals surface area contributed by atoms with Gasteiger partial charge in [-0.2, -0.15) is 13.2 Å². The standard InChI is InChI=1S/C16H14ClF3N2O4S/c1-9(23)21-14-8-11(4-6-15(14)26-2)27(24,25)22-13-5-3-10(17)7-12(13)16(18,19)20/h3-8,22H,1-2H3,(H,21,23). The Morgan fingerprint density at radius 2 is 1.78 bits per heavy atom. The molecule has 2 N–H and O–H groups in total. The minimum Gasteiger partial charge on any atom is -0.495 e. The maximum atomic E-state index is 13.2. The van der Waals surface area contributed by atoms with E-state index in [1.165, 1.54) is 20.1 Å². The molecular weight excluding hydrogens is 409 g/mol. The largest absolute Gasteiger partial charge is 0.495 e. The van der Waals surface area contributed by atoms with Gasteiger partial charge in [0, 0.05) is 11.9 Å². The lowest BCUT2D eigenvalue weighted by Gasteiger charge is -2.16. The van der Waals surface area contributed by atoms with Crippen LogP contribution in [0, 0.1) is 0 Å². The molecule has 0 aliphatic rings. The van der Waals surface area contributed by atoms with Gasteiger partial charge >= 0.3 is 6.18 Å². The summed E-state index contributed by atoms with van der Waals surface area (Å²) in [4.78, 5) is 10.9. The number of amides is 1. The molecule has 0 unspecified atom stereocenters. The second-order valence-corrected chi connectivity index (χ2v) is 7.46. The summed E-state index contributed by atoms with van der Waals surface area (Å²) in [5.74, 6) is -0.292.